The smallest absolute Gasteiger partial charge is 0.320 e. The standard InChI is InChI=1S/C23H36FN5O2/c1-2-29(23-25-13-19(24)14-26-23)20-7-9-27(10-8-20)15-18-6-11-28(16-18)21(22(30)31)12-17-4-3-5-17/h13-14,17-18,20-21H,2-12,15-16H2,1H3,(H,30,31). The van der Waals surface area contributed by atoms with Gasteiger partial charge in [0.2, 0.25) is 5.95 Å². The number of aromatic nitrogens is 2. The number of anilines is 1. The molecular formula is C23H36FN5O2. The van der Waals surface area contributed by atoms with Gasteiger partial charge in [-0.2, -0.15) is 0 Å². The highest BCUT2D eigenvalue weighted by Crippen LogP contribution is 2.33. The summed E-state index contributed by atoms with van der Waals surface area (Å²) in [6.45, 7) is 7.84. The van der Waals surface area contributed by atoms with Crippen molar-refractivity contribution in [2.75, 3.05) is 44.2 Å². The predicted octanol–water partition coefficient (Wildman–Crippen LogP) is 2.87. The lowest BCUT2D eigenvalue weighted by molar-refractivity contribution is -0.144. The molecular weight excluding hydrogens is 397 g/mol. The van der Waals surface area contributed by atoms with Crippen molar-refractivity contribution in [2.45, 2.75) is 64.0 Å². The minimum atomic E-state index is -0.643. The maximum Gasteiger partial charge on any atom is 0.320 e. The molecule has 2 atom stereocenters. The Hall–Kier alpha value is -1.80. The van der Waals surface area contributed by atoms with Gasteiger partial charge in [-0.05, 0) is 51.0 Å². The Kier molecular flexibility index (Phi) is 7.38. The van der Waals surface area contributed by atoms with Crippen LogP contribution in [0, 0.1) is 17.7 Å². The minimum Gasteiger partial charge on any atom is -0.480 e. The van der Waals surface area contributed by atoms with Crippen LogP contribution in [-0.2, 0) is 4.79 Å². The number of likely N-dealkylation sites (tertiary alicyclic amines) is 2. The molecule has 3 fully saturated rings. The van der Waals surface area contributed by atoms with Gasteiger partial charge in [-0.1, -0.05) is 19.3 Å². The van der Waals surface area contributed by atoms with Gasteiger partial charge in [0.15, 0.2) is 5.82 Å². The van der Waals surface area contributed by atoms with E-state index in [0.29, 0.717) is 23.8 Å². The molecule has 31 heavy (non-hydrogen) atoms. The largest absolute Gasteiger partial charge is 0.480 e. The first kappa shape index (κ1) is 22.4. The van der Waals surface area contributed by atoms with Crippen LogP contribution in [-0.4, -0.2) is 82.2 Å². The number of nitrogens with zero attached hydrogens (tertiary/aromatic N) is 5. The van der Waals surface area contributed by atoms with E-state index in [-0.39, 0.29) is 6.04 Å². The van der Waals surface area contributed by atoms with Gasteiger partial charge in [-0.25, -0.2) is 14.4 Å². The van der Waals surface area contributed by atoms with Gasteiger partial charge in [-0.3, -0.25) is 9.69 Å². The summed E-state index contributed by atoms with van der Waals surface area (Å²) < 4.78 is 13.2. The molecule has 7 nitrogen and oxygen atoms in total. The quantitative estimate of drug-likeness (QED) is 0.642. The molecule has 3 aliphatic rings. The predicted molar refractivity (Wildman–Crippen MR) is 118 cm³/mol. The van der Waals surface area contributed by atoms with Gasteiger partial charge in [-0.15, -0.1) is 0 Å². The monoisotopic (exact) mass is 433 g/mol. The molecule has 4 rings (SSSR count). The Labute approximate surface area is 184 Å². The summed E-state index contributed by atoms with van der Waals surface area (Å²) in [4.78, 5) is 27.1. The number of rotatable bonds is 9. The number of hydrogen-bond donors (Lipinski definition) is 1. The van der Waals surface area contributed by atoms with Crippen molar-refractivity contribution >= 4 is 11.9 Å². The lowest BCUT2D eigenvalue weighted by atomic mass is 9.80. The highest BCUT2D eigenvalue weighted by Gasteiger charge is 2.36. The highest BCUT2D eigenvalue weighted by atomic mass is 19.1. The van der Waals surface area contributed by atoms with E-state index in [9.17, 15) is 14.3 Å². The van der Waals surface area contributed by atoms with Gasteiger partial charge in [0.05, 0.1) is 12.4 Å². The van der Waals surface area contributed by atoms with Crippen molar-refractivity contribution < 1.29 is 14.3 Å². The first-order valence-corrected chi connectivity index (χ1v) is 12.0. The number of halogens is 1. The van der Waals surface area contributed by atoms with Crippen molar-refractivity contribution in [3.63, 3.8) is 0 Å². The van der Waals surface area contributed by atoms with Crippen LogP contribution in [0.5, 0.6) is 0 Å². The summed E-state index contributed by atoms with van der Waals surface area (Å²) in [6, 6.07) is 0.0838. The van der Waals surface area contributed by atoms with Crippen molar-refractivity contribution in [2.24, 2.45) is 11.8 Å². The lowest BCUT2D eigenvalue weighted by Gasteiger charge is -2.39. The van der Waals surface area contributed by atoms with Crippen molar-refractivity contribution in [1.29, 1.82) is 0 Å². The highest BCUT2D eigenvalue weighted by molar-refractivity contribution is 5.73. The third-order valence-electron chi connectivity index (χ3n) is 7.54. The fourth-order valence-electron chi connectivity index (χ4n) is 5.54. The summed E-state index contributed by atoms with van der Waals surface area (Å²) >= 11 is 0. The molecule has 0 bridgehead atoms. The fraction of sp³-hybridized carbons (Fsp3) is 0.783. The molecule has 0 aromatic carbocycles. The first-order chi connectivity index (χ1) is 15.0. The summed E-state index contributed by atoms with van der Waals surface area (Å²) in [5.41, 5.74) is 0. The molecule has 8 heteroatoms. The van der Waals surface area contributed by atoms with Gasteiger partial charge in [0.25, 0.3) is 0 Å². The Morgan fingerprint density at radius 2 is 1.87 bits per heavy atom. The maximum absolute atomic E-state index is 13.2. The number of carboxylic acid groups (broad SMARTS) is 1. The van der Waals surface area contributed by atoms with Crippen molar-refractivity contribution in [1.82, 2.24) is 19.8 Å². The Bertz CT molecular complexity index is 721. The summed E-state index contributed by atoms with van der Waals surface area (Å²) in [5.74, 6) is 0.738. The van der Waals surface area contributed by atoms with Crippen molar-refractivity contribution in [3.8, 4) is 0 Å². The number of hydrogen-bond acceptors (Lipinski definition) is 6. The Balaban J connectivity index is 1.24. The van der Waals surface area contributed by atoms with Crippen LogP contribution in [0.2, 0.25) is 0 Å². The molecule has 2 unspecified atom stereocenters. The van der Waals surface area contributed by atoms with E-state index in [0.717, 1.165) is 65.0 Å². The van der Waals surface area contributed by atoms with E-state index in [1.165, 1.54) is 31.7 Å². The maximum atomic E-state index is 13.2. The first-order valence-electron chi connectivity index (χ1n) is 12.0. The molecule has 1 aromatic heterocycles. The van der Waals surface area contributed by atoms with Crippen LogP contribution < -0.4 is 4.90 Å². The van der Waals surface area contributed by atoms with Crippen molar-refractivity contribution in [3.05, 3.63) is 18.2 Å². The number of carboxylic acids is 1. The third kappa shape index (κ3) is 5.52. The molecule has 172 valence electrons. The molecule has 0 spiro atoms. The van der Waals surface area contributed by atoms with E-state index in [2.05, 4.69) is 31.6 Å². The van der Waals surface area contributed by atoms with Gasteiger partial charge in [0, 0.05) is 38.8 Å². The second-order valence-electron chi connectivity index (χ2n) is 9.56. The normalized spacial score (nSPS) is 24.8. The van der Waals surface area contributed by atoms with Gasteiger partial charge in [0.1, 0.15) is 6.04 Å². The number of carbonyl (C=O) groups is 1. The van der Waals surface area contributed by atoms with Crippen LogP contribution in [0.25, 0.3) is 0 Å². The van der Waals surface area contributed by atoms with E-state index in [1.54, 1.807) is 0 Å². The summed E-state index contributed by atoms with van der Waals surface area (Å²) in [5, 5.41) is 9.74. The zero-order valence-electron chi connectivity index (χ0n) is 18.6. The minimum absolute atomic E-state index is 0.296. The topological polar surface area (TPSA) is 72.8 Å². The van der Waals surface area contributed by atoms with Crippen LogP contribution in [0.3, 0.4) is 0 Å². The SMILES string of the molecule is CCN(c1ncc(F)cn1)C1CCN(CC2CCN(C(CC3CCC3)C(=O)O)C2)CC1. The van der Waals surface area contributed by atoms with E-state index >= 15 is 0 Å². The average molecular weight is 434 g/mol. The van der Waals surface area contributed by atoms with Crippen LogP contribution >= 0.6 is 0 Å². The lowest BCUT2D eigenvalue weighted by Crippen LogP contribution is -2.47. The molecule has 1 aromatic rings. The molecule has 0 radical (unpaired) electrons. The molecule has 1 saturated carbocycles. The zero-order valence-corrected chi connectivity index (χ0v) is 18.6. The Morgan fingerprint density at radius 1 is 1.16 bits per heavy atom. The third-order valence-corrected chi connectivity index (χ3v) is 7.54. The molecule has 3 heterocycles. The van der Waals surface area contributed by atoms with Crippen LogP contribution in [0.1, 0.15) is 51.9 Å². The number of piperidine rings is 1. The molecule has 2 saturated heterocycles. The summed E-state index contributed by atoms with van der Waals surface area (Å²) in [7, 11) is 0. The summed E-state index contributed by atoms with van der Waals surface area (Å²) in [6.07, 6.45) is 10.2. The van der Waals surface area contributed by atoms with Crippen LogP contribution in [0.4, 0.5) is 10.3 Å². The van der Waals surface area contributed by atoms with Gasteiger partial charge >= 0.3 is 5.97 Å². The zero-order chi connectivity index (χ0) is 21.8. The second-order valence-corrected chi connectivity index (χ2v) is 9.56. The fourth-order valence-corrected chi connectivity index (χ4v) is 5.54. The van der Waals surface area contributed by atoms with Crippen LogP contribution in [0.15, 0.2) is 12.4 Å². The van der Waals surface area contributed by atoms with E-state index < -0.39 is 11.8 Å². The Morgan fingerprint density at radius 3 is 2.45 bits per heavy atom. The van der Waals surface area contributed by atoms with E-state index in [1.807, 2.05) is 0 Å². The van der Waals surface area contributed by atoms with Gasteiger partial charge < -0.3 is 14.9 Å². The molecule has 2 aliphatic heterocycles. The molecule has 1 aliphatic carbocycles. The van der Waals surface area contributed by atoms with E-state index in [4.69, 9.17) is 0 Å². The molecule has 0 amide bonds. The number of aliphatic carboxylic acids is 1. The average Bonchev–Trinajstić information content (AvgIpc) is 3.18. The molecule has 1 N–H and O–H groups in total. The second kappa shape index (κ2) is 10.2.